The second-order valence-corrected chi connectivity index (χ2v) is 6.13. The Kier molecular flexibility index (Phi) is 6.67. The van der Waals surface area contributed by atoms with E-state index < -0.39 is 6.16 Å². The largest absolute Gasteiger partial charge is 0.513 e. The van der Waals surface area contributed by atoms with Crippen LogP contribution in [0.5, 0.6) is 5.75 Å². The fraction of sp³-hybridized carbons (Fsp3) is 0.294. The van der Waals surface area contributed by atoms with E-state index in [4.69, 9.17) is 4.74 Å². The molecule has 1 amide bonds. The van der Waals surface area contributed by atoms with Gasteiger partial charge in [0.2, 0.25) is 0 Å². The van der Waals surface area contributed by atoms with Gasteiger partial charge >= 0.3 is 12.1 Å². The highest BCUT2D eigenvalue weighted by Gasteiger charge is 2.15. The van der Waals surface area contributed by atoms with Gasteiger partial charge in [0, 0.05) is 10.4 Å². The summed E-state index contributed by atoms with van der Waals surface area (Å²) in [6.45, 7) is 3.64. The Morgan fingerprint density at radius 3 is 2.50 bits per heavy atom. The van der Waals surface area contributed by atoms with Gasteiger partial charge in [-0.1, -0.05) is 0 Å². The van der Waals surface area contributed by atoms with Crippen molar-refractivity contribution < 1.29 is 28.6 Å². The summed E-state index contributed by atoms with van der Waals surface area (Å²) in [5.41, 5.74) is 1.03. The second kappa shape index (κ2) is 8.95. The lowest BCUT2D eigenvalue weighted by atomic mass is 10.2. The van der Waals surface area contributed by atoms with Crippen molar-refractivity contribution in [3.63, 3.8) is 0 Å². The molecule has 0 bridgehead atoms. The molecule has 0 radical (unpaired) electrons. The van der Waals surface area contributed by atoms with Crippen molar-refractivity contribution in [3.8, 4) is 5.75 Å². The van der Waals surface area contributed by atoms with Crippen molar-refractivity contribution in [1.29, 1.82) is 0 Å². The van der Waals surface area contributed by atoms with Crippen LogP contribution < -0.4 is 10.1 Å². The Balaban J connectivity index is 2.00. The number of nitrogens with zero attached hydrogens (tertiary/aromatic N) is 1. The number of methoxy groups -OCH3 is 1. The number of rotatable bonds is 6. The molecule has 0 unspecified atom stereocenters. The Morgan fingerprint density at radius 2 is 1.88 bits per heavy atom. The molecule has 0 spiro atoms. The van der Waals surface area contributed by atoms with Crippen molar-refractivity contribution in [2.45, 2.75) is 20.3 Å². The number of benzene rings is 1. The maximum absolute atomic E-state index is 12.3. The summed E-state index contributed by atoms with van der Waals surface area (Å²) in [6, 6.07) is 6.00. The lowest BCUT2D eigenvalue weighted by molar-refractivity contribution is -0.139. The maximum atomic E-state index is 12.3. The molecule has 1 N–H and O–H groups in total. The number of amides is 1. The zero-order valence-electron chi connectivity index (χ0n) is 14.5. The molecule has 138 valence electrons. The highest BCUT2D eigenvalue weighted by molar-refractivity contribution is 7.16. The number of hydrogen-bond acceptors (Lipinski definition) is 8. The van der Waals surface area contributed by atoms with Gasteiger partial charge in [0.05, 0.1) is 25.8 Å². The molecule has 0 saturated heterocycles. The molecule has 0 aliphatic heterocycles. The highest BCUT2D eigenvalue weighted by atomic mass is 32.1. The molecule has 0 saturated carbocycles. The van der Waals surface area contributed by atoms with Gasteiger partial charge in [-0.15, -0.1) is 11.3 Å². The smallest absolute Gasteiger partial charge is 0.469 e. The first kappa shape index (κ1) is 19.4. The number of carbonyl (C=O) groups excluding carboxylic acids is 3. The number of esters is 1. The van der Waals surface area contributed by atoms with E-state index in [0.29, 0.717) is 16.4 Å². The summed E-state index contributed by atoms with van der Waals surface area (Å²) < 4.78 is 14.2. The topological polar surface area (TPSA) is 104 Å². The third-order valence-electron chi connectivity index (χ3n) is 3.23. The van der Waals surface area contributed by atoms with Crippen LogP contribution in [0.3, 0.4) is 0 Å². The van der Waals surface area contributed by atoms with Gasteiger partial charge in [0.15, 0.2) is 5.13 Å². The lowest BCUT2D eigenvalue weighted by Crippen LogP contribution is -2.12. The van der Waals surface area contributed by atoms with Gasteiger partial charge in [-0.3, -0.25) is 14.9 Å². The molecular weight excluding hydrogens is 360 g/mol. The summed E-state index contributed by atoms with van der Waals surface area (Å²) in [5.74, 6) is -0.469. The van der Waals surface area contributed by atoms with E-state index >= 15 is 0 Å². The molecule has 0 aliphatic carbocycles. The number of hydrogen-bond donors (Lipinski definition) is 1. The standard InChI is InChI=1S/C17H18N2O6S/c1-4-24-17(22)25-12-7-5-11(6-8-12)15(21)19-16-18-10(2)13(26-16)9-14(20)23-3/h5-8H,4,9H2,1-3H3,(H,18,19,21). The number of thiazole rings is 1. The number of aryl methyl sites for hydroxylation is 1. The SMILES string of the molecule is CCOC(=O)Oc1ccc(C(=O)Nc2nc(C)c(CC(=O)OC)s2)cc1. The molecule has 0 atom stereocenters. The van der Waals surface area contributed by atoms with Crippen molar-refractivity contribution >= 4 is 34.5 Å². The minimum Gasteiger partial charge on any atom is -0.469 e. The van der Waals surface area contributed by atoms with Crippen molar-refractivity contribution in [3.05, 3.63) is 40.4 Å². The van der Waals surface area contributed by atoms with Gasteiger partial charge < -0.3 is 14.2 Å². The fourth-order valence-electron chi connectivity index (χ4n) is 1.94. The Morgan fingerprint density at radius 1 is 1.19 bits per heavy atom. The molecule has 1 aromatic carbocycles. The highest BCUT2D eigenvalue weighted by Crippen LogP contribution is 2.24. The van der Waals surface area contributed by atoms with Crippen LogP contribution >= 0.6 is 11.3 Å². The quantitative estimate of drug-likeness (QED) is 0.609. The second-order valence-electron chi connectivity index (χ2n) is 5.04. The first-order valence-corrected chi connectivity index (χ1v) is 8.53. The Hall–Kier alpha value is -2.94. The molecular formula is C17H18N2O6S. The van der Waals surface area contributed by atoms with Crippen LogP contribution in [0.1, 0.15) is 27.9 Å². The molecule has 8 nitrogen and oxygen atoms in total. The van der Waals surface area contributed by atoms with E-state index in [-0.39, 0.29) is 30.7 Å². The van der Waals surface area contributed by atoms with Crippen LogP contribution in [0.2, 0.25) is 0 Å². The lowest BCUT2D eigenvalue weighted by Gasteiger charge is -2.05. The number of anilines is 1. The molecule has 2 rings (SSSR count). The molecule has 1 heterocycles. The van der Waals surface area contributed by atoms with Crippen LogP contribution in [0.15, 0.2) is 24.3 Å². The number of nitrogens with one attached hydrogen (secondary N) is 1. The average molecular weight is 378 g/mol. The van der Waals surface area contributed by atoms with Gasteiger partial charge in [0.1, 0.15) is 5.75 Å². The summed E-state index contributed by atoms with van der Waals surface area (Å²) in [4.78, 5) is 39.8. The third kappa shape index (κ3) is 5.28. The summed E-state index contributed by atoms with van der Waals surface area (Å²) in [5, 5.41) is 3.06. The van der Waals surface area contributed by atoms with E-state index in [1.54, 1.807) is 13.8 Å². The van der Waals surface area contributed by atoms with E-state index in [2.05, 4.69) is 19.8 Å². The van der Waals surface area contributed by atoms with Gasteiger partial charge in [0.25, 0.3) is 5.91 Å². The van der Waals surface area contributed by atoms with E-state index in [0.717, 1.165) is 4.88 Å². The van der Waals surface area contributed by atoms with E-state index in [9.17, 15) is 14.4 Å². The van der Waals surface area contributed by atoms with Gasteiger partial charge in [-0.05, 0) is 38.1 Å². The number of ether oxygens (including phenoxy) is 3. The first-order chi connectivity index (χ1) is 12.4. The molecule has 1 aromatic heterocycles. The van der Waals surface area contributed by atoms with E-state index in [1.807, 2.05) is 0 Å². The summed E-state index contributed by atoms with van der Waals surface area (Å²) in [6.07, 6.45) is -0.698. The molecule has 26 heavy (non-hydrogen) atoms. The zero-order valence-corrected chi connectivity index (χ0v) is 15.3. The molecule has 0 fully saturated rings. The van der Waals surface area contributed by atoms with Crippen molar-refractivity contribution in [2.75, 3.05) is 19.0 Å². The van der Waals surface area contributed by atoms with Crippen LogP contribution in [0.4, 0.5) is 9.93 Å². The van der Waals surface area contributed by atoms with Gasteiger partial charge in [-0.25, -0.2) is 9.78 Å². The third-order valence-corrected chi connectivity index (χ3v) is 4.30. The average Bonchev–Trinajstić information content (AvgIpc) is 2.94. The maximum Gasteiger partial charge on any atom is 0.513 e. The fourth-order valence-corrected chi connectivity index (χ4v) is 2.88. The van der Waals surface area contributed by atoms with Gasteiger partial charge in [-0.2, -0.15) is 0 Å². The normalized spacial score (nSPS) is 10.1. The van der Waals surface area contributed by atoms with Crippen LogP contribution in [-0.4, -0.2) is 36.7 Å². The molecule has 0 aliphatic rings. The zero-order chi connectivity index (χ0) is 19.1. The Bertz CT molecular complexity index is 800. The van der Waals surface area contributed by atoms with Crippen molar-refractivity contribution in [2.24, 2.45) is 0 Å². The molecule has 9 heteroatoms. The number of carbonyl (C=O) groups is 3. The first-order valence-electron chi connectivity index (χ1n) is 7.72. The van der Waals surface area contributed by atoms with Crippen molar-refractivity contribution in [1.82, 2.24) is 4.98 Å². The van der Waals surface area contributed by atoms with Crippen LogP contribution in [0, 0.1) is 6.92 Å². The summed E-state index contributed by atoms with van der Waals surface area (Å²) >= 11 is 1.21. The minimum absolute atomic E-state index is 0.107. The van der Waals surface area contributed by atoms with E-state index in [1.165, 1.54) is 42.7 Å². The van der Waals surface area contributed by atoms with Crippen LogP contribution in [-0.2, 0) is 20.7 Å². The monoisotopic (exact) mass is 378 g/mol. The number of aromatic nitrogens is 1. The minimum atomic E-state index is -0.805. The Labute approximate surface area is 154 Å². The molecule has 2 aromatic rings. The predicted octanol–water partition coefficient (Wildman–Crippen LogP) is 2.95. The summed E-state index contributed by atoms with van der Waals surface area (Å²) in [7, 11) is 1.32. The predicted molar refractivity (Wildman–Crippen MR) is 94.6 cm³/mol. The van der Waals surface area contributed by atoms with Crippen LogP contribution in [0.25, 0.3) is 0 Å².